The number of unbranched alkanes of at least 4 members (excludes halogenated alkanes) is 8. The zero-order valence-corrected chi connectivity index (χ0v) is 13.9. The molecule has 0 aliphatic rings. The minimum Gasteiger partial charge on any atom is -0.399 e. The van der Waals surface area contributed by atoms with Crippen LogP contribution in [-0.2, 0) is 0 Å². The molecule has 1 rings (SSSR count). The van der Waals surface area contributed by atoms with Gasteiger partial charge in [0.15, 0.2) is 5.78 Å². The maximum atomic E-state index is 12.1. The van der Waals surface area contributed by atoms with Gasteiger partial charge < -0.3 is 5.73 Å². The normalized spacial score (nSPS) is 10.8. The van der Waals surface area contributed by atoms with E-state index in [0.29, 0.717) is 22.7 Å². The van der Waals surface area contributed by atoms with Gasteiger partial charge >= 0.3 is 0 Å². The quantitative estimate of drug-likeness (QED) is 0.308. The van der Waals surface area contributed by atoms with Crippen LogP contribution in [0.4, 0.5) is 5.69 Å². The van der Waals surface area contributed by atoms with Gasteiger partial charge in [0.25, 0.3) is 0 Å². The molecule has 0 radical (unpaired) electrons. The number of halogens is 1. The Morgan fingerprint density at radius 1 is 1.00 bits per heavy atom. The molecule has 0 aliphatic heterocycles. The summed E-state index contributed by atoms with van der Waals surface area (Å²) < 4.78 is 0. The highest BCUT2D eigenvalue weighted by molar-refractivity contribution is 6.34. The van der Waals surface area contributed by atoms with Crippen molar-refractivity contribution in [1.82, 2.24) is 0 Å². The number of benzene rings is 1. The van der Waals surface area contributed by atoms with E-state index in [2.05, 4.69) is 6.92 Å². The van der Waals surface area contributed by atoms with Crippen LogP contribution in [0, 0.1) is 0 Å². The van der Waals surface area contributed by atoms with Crippen molar-refractivity contribution in [3.05, 3.63) is 28.8 Å². The SMILES string of the molecule is CCCCCCCCCCCC(=O)c1ccc(N)cc1Cl. The predicted octanol–water partition coefficient (Wildman–Crippen LogP) is 6.03. The van der Waals surface area contributed by atoms with Crippen molar-refractivity contribution in [2.24, 2.45) is 0 Å². The van der Waals surface area contributed by atoms with Gasteiger partial charge in [0.05, 0.1) is 5.02 Å². The van der Waals surface area contributed by atoms with Crippen LogP contribution in [-0.4, -0.2) is 5.78 Å². The Hall–Kier alpha value is -1.02. The molecule has 0 saturated carbocycles. The number of hydrogen-bond acceptors (Lipinski definition) is 2. The molecular formula is C18H28ClNO. The van der Waals surface area contributed by atoms with Gasteiger partial charge in [-0.15, -0.1) is 0 Å². The Labute approximate surface area is 134 Å². The van der Waals surface area contributed by atoms with E-state index in [9.17, 15) is 4.79 Å². The zero-order chi connectivity index (χ0) is 15.5. The Bertz CT molecular complexity index is 431. The molecular weight excluding hydrogens is 282 g/mol. The number of ketones is 1. The summed E-state index contributed by atoms with van der Waals surface area (Å²) in [5, 5.41) is 0.468. The molecule has 21 heavy (non-hydrogen) atoms. The molecule has 0 aromatic heterocycles. The molecule has 0 amide bonds. The molecule has 0 aliphatic carbocycles. The summed E-state index contributed by atoms with van der Waals surface area (Å²) in [6.45, 7) is 2.24. The first-order chi connectivity index (χ1) is 10.1. The van der Waals surface area contributed by atoms with E-state index in [1.807, 2.05) is 0 Å². The summed E-state index contributed by atoms with van der Waals surface area (Å²) in [6.07, 6.45) is 11.9. The molecule has 0 heterocycles. The molecule has 118 valence electrons. The van der Waals surface area contributed by atoms with Crippen molar-refractivity contribution in [3.8, 4) is 0 Å². The molecule has 2 N–H and O–H groups in total. The smallest absolute Gasteiger partial charge is 0.164 e. The van der Waals surface area contributed by atoms with Crippen LogP contribution in [0.1, 0.15) is 81.5 Å². The maximum Gasteiger partial charge on any atom is 0.164 e. The minimum absolute atomic E-state index is 0.128. The van der Waals surface area contributed by atoms with Crippen molar-refractivity contribution in [3.63, 3.8) is 0 Å². The molecule has 0 atom stereocenters. The first-order valence-electron chi connectivity index (χ1n) is 8.23. The van der Waals surface area contributed by atoms with Gasteiger partial charge in [0.1, 0.15) is 0 Å². The molecule has 0 fully saturated rings. The van der Waals surface area contributed by atoms with E-state index in [1.165, 1.54) is 44.9 Å². The number of carbonyl (C=O) groups is 1. The number of anilines is 1. The van der Waals surface area contributed by atoms with Crippen molar-refractivity contribution in [2.75, 3.05) is 5.73 Å². The van der Waals surface area contributed by atoms with Crippen LogP contribution in [0.15, 0.2) is 18.2 Å². The van der Waals surface area contributed by atoms with Crippen LogP contribution >= 0.6 is 11.6 Å². The number of carbonyl (C=O) groups excluding carboxylic acids is 1. The first-order valence-corrected chi connectivity index (χ1v) is 8.61. The third-order valence-electron chi connectivity index (χ3n) is 3.80. The highest BCUT2D eigenvalue weighted by Gasteiger charge is 2.09. The van der Waals surface area contributed by atoms with Crippen molar-refractivity contribution >= 4 is 23.1 Å². The van der Waals surface area contributed by atoms with E-state index in [1.54, 1.807) is 18.2 Å². The Morgan fingerprint density at radius 2 is 1.57 bits per heavy atom. The predicted molar refractivity (Wildman–Crippen MR) is 92.0 cm³/mol. The van der Waals surface area contributed by atoms with E-state index < -0.39 is 0 Å². The van der Waals surface area contributed by atoms with Crippen molar-refractivity contribution in [1.29, 1.82) is 0 Å². The second-order valence-electron chi connectivity index (χ2n) is 5.74. The number of rotatable bonds is 11. The van der Waals surface area contributed by atoms with Crippen molar-refractivity contribution < 1.29 is 4.79 Å². The maximum absolute atomic E-state index is 12.1. The fourth-order valence-corrected chi connectivity index (χ4v) is 2.78. The monoisotopic (exact) mass is 309 g/mol. The van der Waals surface area contributed by atoms with Gasteiger partial charge in [-0.1, -0.05) is 69.9 Å². The summed E-state index contributed by atoms with van der Waals surface area (Å²) in [7, 11) is 0. The molecule has 0 saturated heterocycles. The van der Waals surface area contributed by atoms with Gasteiger partial charge in [0, 0.05) is 17.7 Å². The van der Waals surface area contributed by atoms with Gasteiger partial charge in [0.2, 0.25) is 0 Å². The Kier molecular flexibility index (Phi) is 9.16. The average molecular weight is 310 g/mol. The lowest BCUT2D eigenvalue weighted by Gasteiger charge is -2.05. The average Bonchev–Trinajstić information content (AvgIpc) is 2.45. The molecule has 0 spiro atoms. The molecule has 1 aromatic rings. The summed E-state index contributed by atoms with van der Waals surface area (Å²) >= 11 is 6.05. The molecule has 2 nitrogen and oxygen atoms in total. The molecule has 3 heteroatoms. The fourth-order valence-electron chi connectivity index (χ4n) is 2.49. The second-order valence-corrected chi connectivity index (χ2v) is 6.15. The van der Waals surface area contributed by atoms with Crippen LogP contribution < -0.4 is 5.73 Å². The van der Waals surface area contributed by atoms with Crippen LogP contribution in [0.5, 0.6) is 0 Å². The highest BCUT2D eigenvalue weighted by atomic mass is 35.5. The summed E-state index contributed by atoms with van der Waals surface area (Å²) in [6, 6.07) is 5.11. The number of hydrogen-bond donors (Lipinski definition) is 1. The third-order valence-corrected chi connectivity index (χ3v) is 4.11. The fraction of sp³-hybridized carbons (Fsp3) is 0.611. The van der Waals surface area contributed by atoms with Gasteiger partial charge in [-0.25, -0.2) is 0 Å². The standard InChI is InChI=1S/C18H28ClNO/c1-2-3-4-5-6-7-8-9-10-11-18(21)16-13-12-15(20)14-17(16)19/h12-14H,2-11,20H2,1H3. The van der Waals surface area contributed by atoms with Crippen LogP contribution in [0.25, 0.3) is 0 Å². The Morgan fingerprint density at radius 3 is 2.14 bits per heavy atom. The van der Waals surface area contributed by atoms with E-state index in [0.717, 1.165) is 12.8 Å². The van der Waals surface area contributed by atoms with E-state index in [-0.39, 0.29) is 5.78 Å². The van der Waals surface area contributed by atoms with Crippen LogP contribution in [0.2, 0.25) is 5.02 Å². The zero-order valence-electron chi connectivity index (χ0n) is 13.2. The molecule has 0 unspecified atom stereocenters. The van der Waals surface area contributed by atoms with E-state index >= 15 is 0 Å². The highest BCUT2D eigenvalue weighted by Crippen LogP contribution is 2.21. The lowest BCUT2D eigenvalue weighted by atomic mass is 10.0. The topological polar surface area (TPSA) is 43.1 Å². The third kappa shape index (κ3) is 7.52. The summed E-state index contributed by atoms with van der Waals surface area (Å²) in [5.41, 5.74) is 6.83. The summed E-state index contributed by atoms with van der Waals surface area (Å²) in [4.78, 5) is 12.1. The molecule has 1 aromatic carbocycles. The second kappa shape index (κ2) is 10.7. The molecule has 0 bridgehead atoms. The van der Waals surface area contributed by atoms with Crippen LogP contribution in [0.3, 0.4) is 0 Å². The van der Waals surface area contributed by atoms with Gasteiger partial charge in [-0.3, -0.25) is 4.79 Å². The lowest BCUT2D eigenvalue weighted by Crippen LogP contribution is -2.00. The van der Waals surface area contributed by atoms with Crippen molar-refractivity contribution in [2.45, 2.75) is 71.1 Å². The van der Waals surface area contributed by atoms with Gasteiger partial charge in [-0.05, 0) is 24.6 Å². The van der Waals surface area contributed by atoms with Gasteiger partial charge in [-0.2, -0.15) is 0 Å². The minimum atomic E-state index is 0.128. The number of nitrogen functional groups attached to an aromatic ring is 1. The first kappa shape index (κ1) is 18.0. The van der Waals surface area contributed by atoms with E-state index in [4.69, 9.17) is 17.3 Å². The Balaban J connectivity index is 2.11. The number of Topliss-reactive ketones (excluding diaryl/α,β-unsaturated/α-hetero) is 1. The number of nitrogens with two attached hydrogens (primary N) is 1. The largest absolute Gasteiger partial charge is 0.399 e. The lowest BCUT2D eigenvalue weighted by molar-refractivity contribution is 0.0979. The summed E-state index contributed by atoms with van der Waals surface area (Å²) in [5.74, 6) is 0.128.